The minimum Gasteiger partial charge on any atom is -0.441 e. The van der Waals surface area contributed by atoms with E-state index in [4.69, 9.17) is 10.2 Å². The van der Waals surface area contributed by atoms with Crippen molar-refractivity contribution in [3.8, 4) is 0 Å². The Morgan fingerprint density at radius 2 is 2.26 bits per heavy atom. The lowest BCUT2D eigenvalue weighted by Gasteiger charge is -2.11. The van der Waals surface area contributed by atoms with Crippen molar-refractivity contribution in [3.63, 3.8) is 0 Å². The van der Waals surface area contributed by atoms with Gasteiger partial charge in [-0.15, -0.1) is 0 Å². The molecule has 104 valence electrons. The Morgan fingerprint density at radius 3 is 3.05 bits per heavy atom. The van der Waals surface area contributed by atoms with E-state index in [0.717, 1.165) is 49.5 Å². The summed E-state index contributed by atoms with van der Waals surface area (Å²) in [6.45, 7) is 6.88. The average molecular weight is 261 g/mol. The molecule has 0 bridgehead atoms. The maximum Gasteiger partial charge on any atom is 0.192 e. The van der Waals surface area contributed by atoms with Crippen molar-refractivity contribution in [2.24, 2.45) is 11.7 Å². The molecule has 0 aliphatic heterocycles. The van der Waals surface area contributed by atoms with Crippen molar-refractivity contribution >= 4 is 11.1 Å². The zero-order valence-electron chi connectivity index (χ0n) is 11.8. The summed E-state index contributed by atoms with van der Waals surface area (Å²) < 4.78 is 5.47. The molecule has 1 unspecified atom stereocenters. The van der Waals surface area contributed by atoms with E-state index in [1.165, 1.54) is 5.56 Å². The summed E-state index contributed by atoms with van der Waals surface area (Å²) in [4.78, 5) is 4.35. The molecule has 4 nitrogen and oxygen atoms in total. The van der Waals surface area contributed by atoms with Gasteiger partial charge in [0.05, 0.1) is 0 Å². The maximum absolute atomic E-state index is 5.54. The van der Waals surface area contributed by atoms with E-state index >= 15 is 0 Å². The highest BCUT2D eigenvalue weighted by Gasteiger charge is 2.03. The molecule has 3 N–H and O–H groups in total. The number of aromatic nitrogens is 1. The van der Waals surface area contributed by atoms with Crippen LogP contribution in [0.25, 0.3) is 11.1 Å². The Morgan fingerprint density at radius 1 is 1.42 bits per heavy atom. The normalized spacial score (nSPS) is 13.0. The fourth-order valence-electron chi connectivity index (χ4n) is 2.21. The van der Waals surface area contributed by atoms with E-state index in [2.05, 4.69) is 29.4 Å². The second-order valence-electron chi connectivity index (χ2n) is 5.17. The first-order chi connectivity index (χ1) is 9.19. The van der Waals surface area contributed by atoms with Crippen LogP contribution in [-0.2, 0) is 6.42 Å². The molecule has 0 aliphatic rings. The van der Waals surface area contributed by atoms with Gasteiger partial charge >= 0.3 is 0 Å². The summed E-state index contributed by atoms with van der Waals surface area (Å²) in [5, 5.41) is 3.47. The second kappa shape index (κ2) is 6.68. The smallest absolute Gasteiger partial charge is 0.192 e. The van der Waals surface area contributed by atoms with Crippen molar-refractivity contribution in [2.75, 3.05) is 19.6 Å². The molecule has 0 saturated carbocycles. The maximum atomic E-state index is 5.54. The lowest BCUT2D eigenvalue weighted by atomic mass is 10.1. The highest BCUT2D eigenvalue weighted by molar-refractivity contribution is 5.73. The van der Waals surface area contributed by atoms with E-state index in [0.29, 0.717) is 5.92 Å². The third-order valence-electron chi connectivity index (χ3n) is 3.30. The summed E-state index contributed by atoms with van der Waals surface area (Å²) >= 11 is 0. The van der Waals surface area contributed by atoms with Gasteiger partial charge in [0, 0.05) is 6.92 Å². The molecule has 1 atom stereocenters. The van der Waals surface area contributed by atoms with Gasteiger partial charge in [-0.3, -0.25) is 0 Å². The van der Waals surface area contributed by atoms with Crippen LogP contribution >= 0.6 is 0 Å². The molecular formula is C15H23N3O. The van der Waals surface area contributed by atoms with Gasteiger partial charge in [0.25, 0.3) is 0 Å². The largest absolute Gasteiger partial charge is 0.441 e. The van der Waals surface area contributed by atoms with Crippen molar-refractivity contribution in [2.45, 2.75) is 26.7 Å². The third-order valence-corrected chi connectivity index (χ3v) is 3.30. The molecule has 2 aromatic rings. The fraction of sp³-hybridized carbons (Fsp3) is 0.533. The molecule has 1 aromatic heterocycles. The van der Waals surface area contributed by atoms with Crippen LogP contribution in [0.15, 0.2) is 22.6 Å². The lowest BCUT2D eigenvalue weighted by Crippen LogP contribution is -2.24. The summed E-state index contributed by atoms with van der Waals surface area (Å²) in [6.07, 6.45) is 2.09. The molecular weight excluding hydrogens is 238 g/mol. The van der Waals surface area contributed by atoms with Crippen molar-refractivity contribution in [3.05, 3.63) is 29.7 Å². The minimum absolute atomic E-state index is 0.644. The van der Waals surface area contributed by atoms with Gasteiger partial charge < -0.3 is 15.5 Å². The Labute approximate surface area is 114 Å². The molecule has 0 fully saturated rings. The molecule has 0 aliphatic carbocycles. The third kappa shape index (κ3) is 4.04. The minimum atomic E-state index is 0.644. The highest BCUT2D eigenvalue weighted by atomic mass is 16.3. The molecule has 0 spiro atoms. The Bertz CT molecular complexity index is 521. The molecule has 4 heteroatoms. The van der Waals surface area contributed by atoms with E-state index in [1.54, 1.807) is 0 Å². The number of hydrogen-bond acceptors (Lipinski definition) is 4. The van der Waals surface area contributed by atoms with Gasteiger partial charge in [-0.05, 0) is 56.1 Å². The van der Waals surface area contributed by atoms with Crippen molar-refractivity contribution < 1.29 is 4.42 Å². The number of aryl methyl sites for hydroxylation is 1. The zero-order chi connectivity index (χ0) is 13.7. The van der Waals surface area contributed by atoms with Gasteiger partial charge in [0.2, 0.25) is 0 Å². The molecule has 1 heterocycles. The number of oxazole rings is 1. The van der Waals surface area contributed by atoms with Crippen LogP contribution in [0.3, 0.4) is 0 Å². The zero-order valence-corrected chi connectivity index (χ0v) is 11.8. The van der Waals surface area contributed by atoms with Gasteiger partial charge in [-0.25, -0.2) is 4.98 Å². The van der Waals surface area contributed by atoms with E-state index < -0.39 is 0 Å². The number of fused-ring (bicyclic) bond motifs is 1. The quantitative estimate of drug-likeness (QED) is 0.750. The van der Waals surface area contributed by atoms with Crippen LogP contribution in [-0.4, -0.2) is 24.6 Å². The van der Waals surface area contributed by atoms with E-state index in [-0.39, 0.29) is 0 Å². The summed E-state index contributed by atoms with van der Waals surface area (Å²) in [5.74, 6) is 1.37. The summed E-state index contributed by atoms with van der Waals surface area (Å²) in [5.41, 5.74) is 8.64. The van der Waals surface area contributed by atoms with Crippen molar-refractivity contribution in [1.29, 1.82) is 0 Å². The van der Waals surface area contributed by atoms with Crippen LogP contribution in [0.4, 0.5) is 0 Å². The predicted octanol–water partition coefficient (Wildman–Crippen LogP) is 2.25. The molecule has 0 saturated heterocycles. The Hall–Kier alpha value is -1.39. The number of nitrogens with zero attached hydrogens (tertiary/aromatic N) is 1. The Kier molecular flexibility index (Phi) is 4.93. The number of nitrogens with one attached hydrogen (secondary N) is 1. The lowest BCUT2D eigenvalue weighted by molar-refractivity contribution is 0.489. The first kappa shape index (κ1) is 14.0. The highest BCUT2D eigenvalue weighted by Crippen LogP contribution is 2.16. The van der Waals surface area contributed by atoms with E-state index in [9.17, 15) is 0 Å². The number of benzene rings is 1. The SMILES string of the molecule is Cc1nc2cc(CCNCC(C)CCN)ccc2o1. The number of nitrogens with two attached hydrogens (primary N) is 1. The first-order valence-corrected chi connectivity index (χ1v) is 6.96. The predicted molar refractivity (Wildman–Crippen MR) is 78.2 cm³/mol. The van der Waals surface area contributed by atoms with Crippen LogP contribution in [0, 0.1) is 12.8 Å². The monoisotopic (exact) mass is 261 g/mol. The molecule has 0 radical (unpaired) electrons. The van der Waals surface area contributed by atoms with E-state index in [1.807, 2.05) is 13.0 Å². The summed E-state index contributed by atoms with van der Waals surface area (Å²) in [6, 6.07) is 6.22. The molecule has 1 aromatic carbocycles. The summed E-state index contributed by atoms with van der Waals surface area (Å²) in [7, 11) is 0. The molecule has 0 amide bonds. The number of hydrogen-bond donors (Lipinski definition) is 2. The Balaban J connectivity index is 1.81. The van der Waals surface area contributed by atoms with Gasteiger partial charge in [-0.1, -0.05) is 13.0 Å². The second-order valence-corrected chi connectivity index (χ2v) is 5.17. The first-order valence-electron chi connectivity index (χ1n) is 6.96. The fourth-order valence-corrected chi connectivity index (χ4v) is 2.21. The molecule has 19 heavy (non-hydrogen) atoms. The van der Waals surface area contributed by atoms with Crippen LogP contribution in [0.5, 0.6) is 0 Å². The van der Waals surface area contributed by atoms with Gasteiger partial charge in [0.15, 0.2) is 11.5 Å². The average Bonchev–Trinajstić information content (AvgIpc) is 2.74. The van der Waals surface area contributed by atoms with Crippen LogP contribution in [0.2, 0.25) is 0 Å². The van der Waals surface area contributed by atoms with Gasteiger partial charge in [0.1, 0.15) is 5.52 Å². The van der Waals surface area contributed by atoms with Crippen LogP contribution < -0.4 is 11.1 Å². The van der Waals surface area contributed by atoms with Crippen LogP contribution in [0.1, 0.15) is 24.8 Å². The van der Waals surface area contributed by atoms with Gasteiger partial charge in [-0.2, -0.15) is 0 Å². The van der Waals surface area contributed by atoms with Crippen molar-refractivity contribution in [1.82, 2.24) is 10.3 Å². The standard InChI is InChI=1S/C15H23N3O/c1-11(5-7-16)10-17-8-6-13-3-4-15-14(9-13)18-12(2)19-15/h3-4,9,11,17H,5-8,10,16H2,1-2H3. The topological polar surface area (TPSA) is 64.1 Å². The molecule has 2 rings (SSSR count). The number of rotatable bonds is 7.